The molecular formula is C44H58F2N2O4. The number of fused-ring (bicyclic) bond motifs is 8. The number of benzene rings is 2. The average molecular weight is 717 g/mol. The highest BCUT2D eigenvalue weighted by molar-refractivity contribution is 6.10. The number of hydrogen-bond acceptors (Lipinski definition) is 4. The molecule has 2 aromatic rings. The van der Waals surface area contributed by atoms with E-state index in [1.807, 2.05) is 36.9 Å². The number of hydrogen-bond donors (Lipinski definition) is 3. The number of carbonyl (C=O) groups is 2. The molecule has 282 valence electrons. The summed E-state index contributed by atoms with van der Waals surface area (Å²) < 4.78 is 28.4. The van der Waals surface area contributed by atoms with Crippen LogP contribution in [0.1, 0.15) is 138 Å². The summed E-state index contributed by atoms with van der Waals surface area (Å²) in [5.41, 5.74) is 1.32. The molecule has 0 heterocycles. The molecule has 6 nitrogen and oxygen atoms in total. The van der Waals surface area contributed by atoms with Gasteiger partial charge in [-0.3, -0.25) is 4.79 Å². The fourth-order valence-corrected chi connectivity index (χ4v) is 11.7. The van der Waals surface area contributed by atoms with Crippen LogP contribution in [-0.4, -0.2) is 57.8 Å². The Balaban J connectivity index is 1.28. The third kappa shape index (κ3) is 7.23. The van der Waals surface area contributed by atoms with Gasteiger partial charge in [0, 0.05) is 29.1 Å². The van der Waals surface area contributed by atoms with E-state index in [-0.39, 0.29) is 35.5 Å². The predicted octanol–water partition coefficient (Wildman–Crippen LogP) is 8.87. The minimum atomic E-state index is -1.25. The average Bonchev–Trinajstić information content (AvgIpc) is 3.32. The van der Waals surface area contributed by atoms with Gasteiger partial charge < -0.3 is 20.4 Å². The molecule has 2 amide bonds. The largest absolute Gasteiger partial charge is 0.393 e. The third-order valence-corrected chi connectivity index (χ3v) is 13.9. The summed E-state index contributed by atoms with van der Waals surface area (Å²) in [6, 6.07) is 8.81. The molecule has 7 aliphatic rings. The molecule has 8 heteroatoms. The summed E-state index contributed by atoms with van der Waals surface area (Å²) in [7, 11) is 0. The molecule has 4 unspecified atom stereocenters. The highest BCUT2D eigenvalue weighted by Gasteiger charge is 2.59. The van der Waals surface area contributed by atoms with Gasteiger partial charge in [0.1, 0.15) is 0 Å². The van der Waals surface area contributed by atoms with Crippen LogP contribution in [0.2, 0.25) is 0 Å². The lowest BCUT2D eigenvalue weighted by atomic mass is 9.49. The van der Waals surface area contributed by atoms with Gasteiger partial charge in [-0.2, -0.15) is 0 Å². The lowest BCUT2D eigenvalue weighted by Gasteiger charge is -2.58. The number of nitrogens with one attached hydrogen (secondary N) is 1. The second kappa shape index (κ2) is 14.3. The van der Waals surface area contributed by atoms with E-state index in [9.17, 15) is 28.6 Å². The van der Waals surface area contributed by atoms with Crippen LogP contribution in [0.25, 0.3) is 0 Å². The van der Waals surface area contributed by atoms with Crippen molar-refractivity contribution in [1.82, 2.24) is 10.2 Å². The molecule has 0 aliphatic heterocycles. The standard InChI is InChI=1S/C44H58F2N2O4/c1-27(2)47-41(51)48(25-43-22-30-16-31(23-43)18-32(17-30)24-43)26-44(52)15-13-37-35-11-8-29(19-34(49)10-7-28(3)6-5-14-42(37,44)4)20-36(35)40(50)33-9-12-38(45)39(46)21-33/h6,8-9,11-12,20-21,27,30-32,34,37,49,52H,5,7,10,13-19,22-26H2,1-4H3,(H,47,51). The molecule has 2 aromatic carbocycles. The number of amides is 2. The molecule has 0 radical (unpaired) electrons. The van der Waals surface area contributed by atoms with Crippen LogP contribution >= 0.6 is 0 Å². The molecule has 3 N–H and O–H groups in total. The summed E-state index contributed by atoms with van der Waals surface area (Å²) in [6.45, 7) is 9.03. The van der Waals surface area contributed by atoms with Crippen molar-refractivity contribution in [2.45, 2.75) is 135 Å². The van der Waals surface area contributed by atoms with Gasteiger partial charge in [-0.1, -0.05) is 30.7 Å². The van der Waals surface area contributed by atoms with E-state index in [1.54, 1.807) is 0 Å². The zero-order chi connectivity index (χ0) is 37.0. The van der Waals surface area contributed by atoms with Crippen molar-refractivity contribution in [1.29, 1.82) is 0 Å². The molecule has 0 aromatic heterocycles. The van der Waals surface area contributed by atoms with Gasteiger partial charge in [0.2, 0.25) is 0 Å². The Morgan fingerprint density at radius 2 is 1.63 bits per heavy atom. The first-order valence-corrected chi connectivity index (χ1v) is 19.9. The van der Waals surface area contributed by atoms with Gasteiger partial charge in [0.25, 0.3) is 0 Å². The van der Waals surface area contributed by atoms with E-state index in [1.165, 1.54) is 30.9 Å². The first-order valence-electron chi connectivity index (χ1n) is 19.9. The van der Waals surface area contributed by atoms with Crippen LogP contribution in [-0.2, 0) is 6.42 Å². The molecule has 5 saturated carbocycles. The molecule has 4 atom stereocenters. The number of halogens is 2. The monoisotopic (exact) mass is 716 g/mol. The fourth-order valence-electron chi connectivity index (χ4n) is 11.7. The quantitative estimate of drug-likeness (QED) is 0.197. The van der Waals surface area contributed by atoms with Crippen molar-refractivity contribution < 1.29 is 28.6 Å². The first-order chi connectivity index (χ1) is 24.7. The van der Waals surface area contributed by atoms with E-state index in [0.29, 0.717) is 50.6 Å². The highest BCUT2D eigenvalue weighted by atomic mass is 19.2. The zero-order valence-electron chi connectivity index (χ0n) is 31.5. The maximum Gasteiger partial charge on any atom is 0.317 e. The predicted molar refractivity (Wildman–Crippen MR) is 199 cm³/mol. The lowest BCUT2D eigenvalue weighted by Crippen LogP contribution is -2.59. The second-order valence-corrected chi connectivity index (χ2v) is 18.3. The number of nitrogens with zero attached hydrogens (tertiary/aromatic N) is 1. The molecule has 9 rings (SSSR count). The summed E-state index contributed by atoms with van der Waals surface area (Å²) >= 11 is 0. The minimum Gasteiger partial charge on any atom is -0.393 e. The SMILES string of the molecule is CC1=CCCC2(C)C(CCC2(O)CN(CC23CC4CC(CC(C4)C2)C3)C(=O)NC(C)C)c2ccc(cc2C(=O)c2ccc(F)c(F)c2)CC(O)CC1. The summed E-state index contributed by atoms with van der Waals surface area (Å²) in [4.78, 5) is 30.4. The number of aliphatic hydroxyl groups excluding tert-OH is 1. The third-order valence-electron chi connectivity index (χ3n) is 13.9. The Hall–Kier alpha value is -3.10. The first kappa shape index (κ1) is 37.2. The number of aliphatic hydroxyl groups is 2. The topological polar surface area (TPSA) is 89.9 Å². The zero-order valence-corrected chi connectivity index (χ0v) is 31.5. The van der Waals surface area contributed by atoms with Gasteiger partial charge in [0.05, 0.1) is 18.2 Å². The van der Waals surface area contributed by atoms with Gasteiger partial charge in [-0.15, -0.1) is 0 Å². The smallest absolute Gasteiger partial charge is 0.317 e. The molecule has 52 heavy (non-hydrogen) atoms. The van der Waals surface area contributed by atoms with Crippen molar-refractivity contribution in [2.75, 3.05) is 13.1 Å². The van der Waals surface area contributed by atoms with Crippen molar-refractivity contribution in [3.63, 3.8) is 0 Å². The molecule has 0 spiro atoms. The summed E-state index contributed by atoms with van der Waals surface area (Å²) in [5, 5.41) is 27.2. The normalized spacial score (nSPS) is 34.2. The Bertz CT molecular complexity index is 1690. The van der Waals surface area contributed by atoms with Gasteiger partial charge in [-0.25, -0.2) is 13.6 Å². The van der Waals surface area contributed by atoms with E-state index >= 15 is 0 Å². The maximum atomic E-state index is 14.5. The summed E-state index contributed by atoms with van der Waals surface area (Å²) in [5.74, 6) is -0.537. The van der Waals surface area contributed by atoms with Crippen LogP contribution in [0.3, 0.4) is 0 Å². The molecule has 6 bridgehead atoms. The van der Waals surface area contributed by atoms with Gasteiger partial charge in [0.15, 0.2) is 17.4 Å². The second-order valence-electron chi connectivity index (χ2n) is 18.3. The Labute approximate surface area is 308 Å². The van der Waals surface area contributed by atoms with E-state index in [2.05, 4.69) is 25.2 Å². The maximum absolute atomic E-state index is 14.5. The number of allylic oxidation sites excluding steroid dienone is 2. The number of ketones is 1. The number of carbonyl (C=O) groups excluding carboxylic acids is 2. The van der Waals surface area contributed by atoms with Crippen molar-refractivity contribution in [2.24, 2.45) is 28.6 Å². The molecule has 5 fully saturated rings. The molecular weight excluding hydrogens is 658 g/mol. The molecule has 0 saturated heterocycles. The Morgan fingerprint density at radius 3 is 2.29 bits per heavy atom. The van der Waals surface area contributed by atoms with Gasteiger partial charge in [-0.05, 0) is 169 Å². The van der Waals surface area contributed by atoms with Crippen LogP contribution in [0.5, 0.6) is 0 Å². The van der Waals surface area contributed by atoms with Crippen LogP contribution in [0.4, 0.5) is 13.6 Å². The Kier molecular flexibility index (Phi) is 10.2. The fraction of sp³-hybridized carbons (Fsp3) is 0.636. The summed E-state index contributed by atoms with van der Waals surface area (Å²) in [6.07, 6.45) is 13.1. The van der Waals surface area contributed by atoms with Crippen LogP contribution in [0.15, 0.2) is 48.0 Å². The van der Waals surface area contributed by atoms with Crippen LogP contribution in [0, 0.1) is 40.2 Å². The Morgan fingerprint density at radius 1 is 0.942 bits per heavy atom. The lowest BCUT2D eigenvalue weighted by molar-refractivity contribution is -0.0985. The number of rotatable bonds is 7. The van der Waals surface area contributed by atoms with E-state index in [4.69, 9.17) is 0 Å². The number of urea groups is 1. The van der Waals surface area contributed by atoms with Crippen LogP contribution < -0.4 is 5.32 Å². The van der Waals surface area contributed by atoms with Crippen molar-refractivity contribution in [3.05, 3.63) is 81.9 Å². The highest BCUT2D eigenvalue weighted by Crippen LogP contribution is 2.62. The van der Waals surface area contributed by atoms with E-state index in [0.717, 1.165) is 66.7 Å². The molecule has 7 aliphatic carbocycles. The van der Waals surface area contributed by atoms with Gasteiger partial charge >= 0.3 is 6.03 Å². The minimum absolute atomic E-state index is 0.0442. The van der Waals surface area contributed by atoms with Crippen molar-refractivity contribution in [3.8, 4) is 0 Å². The van der Waals surface area contributed by atoms with E-state index < -0.39 is 34.5 Å². The van der Waals surface area contributed by atoms with Crippen molar-refractivity contribution >= 4 is 11.8 Å².